The number of nitrogens with one attached hydrogen (secondary N) is 1. The summed E-state index contributed by atoms with van der Waals surface area (Å²) < 4.78 is 50.3. The molecular weight excluding hydrogens is 521 g/mol. The molecule has 40 heavy (non-hydrogen) atoms. The van der Waals surface area contributed by atoms with Crippen molar-refractivity contribution in [2.24, 2.45) is 5.92 Å². The van der Waals surface area contributed by atoms with Crippen LogP contribution < -0.4 is 4.74 Å². The molecule has 1 saturated carbocycles. The van der Waals surface area contributed by atoms with Crippen LogP contribution in [0.5, 0.6) is 5.88 Å². The molecule has 3 heterocycles. The molecule has 1 aliphatic rings. The smallest absolute Gasteiger partial charge is 0.416 e. The fourth-order valence-electron chi connectivity index (χ4n) is 4.50. The van der Waals surface area contributed by atoms with E-state index in [9.17, 15) is 18.0 Å². The molecule has 0 radical (unpaired) electrons. The molecule has 202 valence electrons. The monoisotopic (exact) mass is 544 g/mol. The van der Waals surface area contributed by atoms with Crippen molar-refractivity contribution in [3.63, 3.8) is 0 Å². The van der Waals surface area contributed by atoms with E-state index in [1.807, 2.05) is 36.4 Å². The van der Waals surface area contributed by atoms with E-state index in [1.54, 1.807) is 30.6 Å². The van der Waals surface area contributed by atoms with E-state index < -0.39 is 11.7 Å². The molecule has 0 aliphatic heterocycles. The van der Waals surface area contributed by atoms with E-state index in [1.165, 1.54) is 6.07 Å². The number of pyridine rings is 2. The molecule has 0 spiro atoms. The third-order valence-corrected chi connectivity index (χ3v) is 6.82. The first kappa shape index (κ1) is 25.5. The first-order valence-electron chi connectivity index (χ1n) is 12.7. The number of esters is 1. The van der Waals surface area contributed by atoms with Gasteiger partial charge in [0.25, 0.3) is 0 Å². The van der Waals surface area contributed by atoms with Gasteiger partial charge in [-0.05, 0) is 54.8 Å². The Labute approximate surface area is 227 Å². The Morgan fingerprint density at radius 1 is 0.925 bits per heavy atom. The second kappa shape index (κ2) is 10.4. The van der Waals surface area contributed by atoms with Crippen molar-refractivity contribution in [1.29, 1.82) is 0 Å². The third kappa shape index (κ3) is 5.51. The number of fused-ring (bicyclic) bond motifs is 1. The second-order valence-corrected chi connectivity index (χ2v) is 9.63. The van der Waals surface area contributed by atoms with Gasteiger partial charge in [0.15, 0.2) is 0 Å². The molecule has 3 aromatic heterocycles. The van der Waals surface area contributed by atoms with Gasteiger partial charge in [-0.15, -0.1) is 0 Å². The Morgan fingerprint density at radius 2 is 1.70 bits per heavy atom. The molecule has 10 heteroatoms. The maximum atomic E-state index is 13.0. The third-order valence-electron chi connectivity index (χ3n) is 6.82. The number of carbonyl (C=O) groups is 1. The molecular formula is C30H23F3N4O3. The maximum Gasteiger partial charge on any atom is 0.416 e. The number of carbonyl (C=O) groups excluding carboxylic acids is 1. The maximum absolute atomic E-state index is 13.0. The molecule has 0 unspecified atom stereocenters. The summed E-state index contributed by atoms with van der Waals surface area (Å²) in [6.07, 6.45) is -0.100. The first-order valence-corrected chi connectivity index (χ1v) is 12.7. The van der Waals surface area contributed by atoms with Crippen LogP contribution in [0, 0.1) is 5.92 Å². The summed E-state index contributed by atoms with van der Waals surface area (Å²) in [6.45, 7) is 0.265. The molecule has 1 aliphatic carbocycles. The molecule has 0 amide bonds. The van der Waals surface area contributed by atoms with Gasteiger partial charge in [-0.25, -0.2) is 9.97 Å². The molecule has 1 N–H and O–H groups in total. The van der Waals surface area contributed by atoms with Crippen molar-refractivity contribution in [3.8, 4) is 28.5 Å². The van der Waals surface area contributed by atoms with Gasteiger partial charge in [-0.1, -0.05) is 30.3 Å². The highest BCUT2D eigenvalue weighted by Crippen LogP contribution is 2.33. The number of aromatic amines is 1. The van der Waals surface area contributed by atoms with Crippen LogP contribution in [0.15, 0.2) is 85.2 Å². The van der Waals surface area contributed by atoms with Crippen LogP contribution in [-0.4, -0.2) is 32.0 Å². The normalized spacial score (nSPS) is 16.9. The highest BCUT2D eigenvalue weighted by Gasteiger charge is 2.37. The lowest BCUT2D eigenvalue weighted by molar-refractivity contribution is -0.156. The number of rotatable bonds is 7. The van der Waals surface area contributed by atoms with E-state index in [2.05, 4.69) is 19.9 Å². The van der Waals surface area contributed by atoms with Gasteiger partial charge < -0.3 is 14.5 Å². The molecule has 2 aromatic carbocycles. The van der Waals surface area contributed by atoms with E-state index >= 15 is 0 Å². The average Bonchev–Trinajstić information content (AvgIpc) is 3.38. The predicted molar refractivity (Wildman–Crippen MR) is 141 cm³/mol. The van der Waals surface area contributed by atoms with Gasteiger partial charge in [-0.2, -0.15) is 13.2 Å². The summed E-state index contributed by atoms with van der Waals surface area (Å²) in [5.41, 5.74) is 3.03. The minimum atomic E-state index is -4.43. The fourth-order valence-corrected chi connectivity index (χ4v) is 4.50. The summed E-state index contributed by atoms with van der Waals surface area (Å²) in [5, 5.41) is 0. The zero-order chi connectivity index (χ0) is 27.7. The van der Waals surface area contributed by atoms with Crippen molar-refractivity contribution in [3.05, 3.63) is 96.3 Å². The molecule has 0 atom stereocenters. The Balaban J connectivity index is 1.03. The van der Waals surface area contributed by atoms with Gasteiger partial charge in [0, 0.05) is 29.6 Å². The number of ether oxygens (including phenoxy) is 2. The fraction of sp³-hybridized carbons (Fsp3) is 0.200. The number of H-pyrrole nitrogens is 1. The van der Waals surface area contributed by atoms with Crippen molar-refractivity contribution in [2.75, 3.05) is 0 Å². The molecule has 7 nitrogen and oxygen atoms in total. The van der Waals surface area contributed by atoms with Gasteiger partial charge in [-0.3, -0.25) is 9.78 Å². The number of imidazole rings is 1. The van der Waals surface area contributed by atoms with Crippen LogP contribution in [0.3, 0.4) is 0 Å². The first-order chi connectivity index (χ1) is 19.3. The lowest BCUT2D eigenvalue weighted by Gasteiger charge is -2.33. The van der Waals surface area contributed by atoms with E-state index in [-0.39, 0.29) is 30.1 Å². The molecule has 5 aromatic rings. The zero-order valence-electron chi connectivity index (χ0n) is 21.1. The van der Waals surface area contributed by atoms with Crippen LogP contribution in [0.1, 0.15) is 24.0 Å². The van der Waals surface area contributed by atoms with Crippen LogP contribution in [0.4, 0.5) is 13.2 Å². The van der Waals surface area contributed by atoms with E-state index in [0.29, 0.717) is 41.3 Å². The topological polar surface area (TPSA) is 90.0 Å². The van der Waals surface area contributed by atoms with Crippen LogP contribution in [0.2, 0.25) is 0 Å². The summed E-state index contributed by atoms with van der Waals surface area (Å²) >= 11 is 0. The largest absolute Gasteiger partial charge is 0.474 e. The molecule has 0 saturated heterocycles. The van der Waals surface area contributed by atoms with Crippen LogP contribution >= 0.6 is 0 Å². The number of hydrogen-bond donors (Lipinski definition) is 1. The Hall–Kier alpha value is -4.73. The van der Waals surface area contributed by atoms with E-state index in [4.69, 9.17) is 9.47 Å². The number of benzene rings is 2. The van der Waals surface area contributed by atoms with E-state index in [0.717, 1.165) is 23.3 Å². The lowest BCUT2D eigenvalue weighted by atomic mass is 9.82. The SMILES string of the molecule is O=C(OCc1ccccc1)[C@H]1C[C@H](Oc2ccc(-c3ccc(-c4nc5cc(C(F)(F)F)ccc5[nH]4)cn3)cn2)C1. The van der Waals surface area contributed by atoms with Crippen molar-refractivity contribution < 1.29 is 27.4 Å². The van der Waals surface area contributed by atoms with Crippen molar-refractivity contribution in [1.82, 2.24) is 19.9 Å². The van der Waals surface area contributed by atoms with Gasteiger partial charge in [0.1, 0.15) is 18.5 Å². The minimum Gasteiger partial charge on any atom is -0.474 e. The number of nitrogens with zero attached hydrogens (tertiary/aromatic N) is 3. The number of alkyl halides is 3. The Morgan fingerprint density at radius 3 is 2.40 bits per heavy atom. The summed E-state index contributed by atoms with van der Waals surface area (Å²) in [5.74, 6) is 0.504. The zero-order valence-corrected chi connectivity index (χ0v) is 21.1. The highest BCUT2D eigenvalue weighted by molar-refractivity contribution is 5.80. The Kier molecular flexibility index (Phi) is 6.67. The quantitative estimate of drug-likeness (QED) is 0.232. The highest BCUT2D eigenvalue weighted by atomic mass is 19.4. The predicted octanol–water partition coefficient (Wildman–Crippen LogP) is 6.61. The average molecular weight is 545 g/mol. The van der Waals surface area contributed by atoms with Crippen LogP contribution in [0.25, 0.3) is 33.7 Å². The number of halogens is 3. The molecule has 6 rings (SSSR count). The molecule has 1 fully saturated rings. The van der Waals surface area contributed by atoms with Crippen LogP contribution in [-0.2, 0) is 22.3 Å². The van der Waals surface area contributed by atoms with Crippen molar-refractivity contribution in [2.45, 2.75) is 31.7 Å². The number of aromatic nitrogens is 4. The number of hydrogen-bond acceptors (Lipinski definition) is 6. The van der Waals surface area contributed by atoms with Gasteiger partial charge >= 0.3 is 12.1 Å². The minimum absolute atomic E-state index is 0.0962. The standard InChI is InChI=1S/C30H23F3N4O3/c31-30(32,33)22-8-10-25-26(14-22)37-28(36-25)20-6-9-24(34-16-20)19-7-11-27(35-15-19)40-23-12-21(13-23)29(38)39-17-18-4-2-1-3-5-18/h1-11,14-16,21,23H,12-13,17H2,(H,36,37)/t21-,23-. The van der Waals surface area contributed by atoms with Gasteiger partial charge in [0.05, 0.1) is 28.2 Å². The Bertz CT molecular complexity index is 1630. The van der Waals surface area contributed by atoms with Crippen molar-refractivity contribution >= 4 is 17.0 Å². The lowest BCUT2D eigenvalue weighted by Crippen LogP contribution is -2.39. The summed E-state index contributed by atoms with van der Waals surface area (Å²) in [4.78, 5) is 28.4. The summed E-state index contributed by atoms with van der Waals surface area (Å²) in [7, 11) is 0. The van der Waals surface area contributed by atoms with Gasteiger partial charge in [0.2, 0.25) is 5.88 Å². The second-order valence-electron chi connectivity index (χ2n) is 9.63. The molecule has 0 bridgehead atoms. The summed E-state index contributed by atoms with van der Waals surface area (Å²) in [6, 6.07) is 20.1.